The molecule has 0 aliphatic heterocycles. The summed E-state index contributed by atoms with van der Waals surface area (Å²) in [5, 5.41) is 12.4. The average Bonchev–Trinajstić information content (AvgIpc) is 2.70. The lowest BCUT2D eigenvalue weighted by molar-refractivity contribution is 0.0525. The molecule has 1 aromatic rings. The van der Waals surface area contributed by atoms with Crippen LogP contribution in [0, 0.1) is 5.41 Å². The summed E-state index contributed by atoms with van der Waals surface area (Å²) in [7, 11) is 0. The molecule has 5 nitrogen and oxygen atoms in total. The first kappa shape index (κ1) is 12.7. The van der Waals surface area contributed by atoms with Crippen LogP contribution in [0.1, 0.15) is 48.9 Å². The van der Waals surface area contributed by atoms with Crippen LogP contribution in [0.3, 0.4) is 0 Å². The number of hydrogen-bond donors (Lipinski definition) is 1. The quantitative estimate of drug-likeness (QED) is 0.498. The molecule has 1 aromatic heterocycles. The van der Waals surface area contributed by atoms with E-state index in [2.05, 4.69) is 19.0 Å². The van der Waals surface area contributed by atoms with Gasteiger partial charge in [0.2, 0.25) is 0 Å². The van der Waals surface area contributed by atoms with Crippen LogP contribution < -0.4 is 0 Å². The van der Waals surface area contributed by atoms with Gasteiger partial charge in [-0.15, -0.1) is 0 Å². The highest BCUT2D eigenvalue weighted by molar-refractivity contribution is 6.10. The van der Waals surface area contributed by atoms with Gasteiger partial charge in [-0.2, -0.15) is 0 Å². The fourth-order valence-electron chi connectivity index (χ4n) is 2.33. The van der Waals surface area contributed by atoms with E-state index >= 15 is 0 Å². The van der Waals surface area contributed by atoms with Gasteiger partial charge in [-0.1, -0.05) is 19.0 Å². The second-order valence-electron chi connectivity index (χ2n) is 5.23. The van der Waals surface area contributed by atoms with E-state index in [0.29, 0.717) is 42.0 Å². The Morgan fingerprint density at radius 1 is 1.56 bits per heavy atom. The standard InChI is InChI=1S/C13H17NO4/c1-4-17-12(15)8-7-18-10-6-13(2,3)5-9(14-16)11(8)10/h7,16H,4-6H2,1-3H3/b14-9-. The maximum absolute atomic E-state index is 11.8. The summed E-state index contributed by atoms with van der Waals surface area (Å²) < 4.78 is 10.4. The second kappa shape index (κ2) is 4.48. The molecule has 1 aliphatic carbocycles. The summed E-state index contributed by atoms with van der Waals surface area (Å²) in [5.41, 5.74) is 1.38. The van der Waals surface area contributed by atoms with Gasteiger partial charge in [0, 0.05) is 6.42 Å². The van der Waals surface area contributed by atoms with Crippen molar-refractivity contribution in [3.05, 3.63) is 23.2 Å². The zero-order chi connectivity index (χ0) is 13.3. The largest absolute Gasteiger partial charge is 0.468 e. The van der Waals surface area contributed by atoms with Gasteiger partial charge in [-0.05, 0) is 18.8 Å². The first-order valence-corrected chi connectivity index (χ1v) is 5.97. The number of esters is 1. The molecule has 0 amide bonds. The molecule has 2 rings (SSSR count). The third-order valence-corrected chi connectivity index (χ3v) is 3.06. The van der Waals surface area contributed by atoms with E-state index in [9.17, 15) is 4.79 Å². The van der Waals surface area contributed by atoms with E-state index < -0.39 is 5.97 Å². The Morgan fingerprint density at radius 2 is 2.28 bits per heavy atom. The van der Waals surface area contributed by atoms with Gasteiger partial charge in [-0.3, -0.25) is 0 Å². The van der Waals surface area contributed by atoms with Crippen LogP contribution in [0.15, 0.2) is 15.8 Å². The molecule has 1 heterocycles. The number of ether oxygens (including phenoxy) is 1. The molecule has 0 atom stereocenters. The first-order valence-electron chi connectivity index (χ1n) is 5.97. The Kier molecular flexibility index (Phi) is 3.15. The lowest BCUT2D eigenvalue weighted by Crippen LogP contribution is -2.28. The van der Waals surface area contributed by atoms with Gasteiger partial charge in [0.15, 0.2) is 0 Å². The number of nitrogens with zero attached hydrogens (tertiary/aromatic N) is 1. The third-order valence-electron chi connectivity index (χ3n) is 3.06. The molecular formula is C13H17NO4. The van der Waals surface area contributed by atoms with Crippen LogP contribution in [0.4, 0.5) is 0 Å². The van der Waals surface area contributed by atoms with Gasteiger partial charge in [0.25, 0.3) is 0 Å². The summed E-state index contributed by atoms with van der Waals surface area (Å²) in [6.07, 6.45) is 2.69. The molecule has 0 aromatic carbocycles. The summed E-state index contributed by atoms with van der Waals surface area (Å²) in [4.78, 5) is 11.8. The highest BCUT2D eigenvalue weighted by Crippen LogP contribution is 2.37. The second-order valence-corrected chi connectivity index (χ2v) is 5.23. The van der Waals surface area contributed by atoms with Gasteiger partial charge < -0.3 is 14.4 Å². The summed E-state index contributed by atoms with van der Waals surface area (Å²) in [5.74, 6) is 0.241. The molecule has 0 bridgehead atoms. The van der Waals surface area contributed by atoms with Crippen LogP contribution in [0.2, 0.25) is 0 Å². The Balaban J connectivity index is 2.46. The molecule has 0 saturated carbocycles. The predicted molar refractivity (Wildman–Crippen MR) is 65.1 cm³/mol. The highest BCUT2D eigenvalue weighted by atomic mass is 16.5. The average molecular weight is 251 g/mol. The van der Waals surface area contributed by atoms with Gasteiger partial charge >= 0.3 is 5.97 Å². The minimum Gasteiger partial charge on any atom is -0.468 e. The maximum atomic E-state index is 11.8. The Hall–Kier alpha value is -1.78. The van der Waals surface area contributed by atoms with Gasteiger partial charge in [0.1, 0.15) is 17.6 Å². The number of furan rings is 1. The van der Waals surface area contributed by atoms with Crippen molar-refractivity contribution in [2.75, 3.05) is 6.61 Å². The molecule has 0 spiro atoms. The molecule has 18 heavy (non-hydrogen) atoms. The van der Waals surface area contributed by atoms with Crippen LogP contribution in [0.25, 0.3) is 0 Å². The van der Waals surface area contributed by atoms with Crippen molar-refractivity contribution in [1.29, 1.82) is 0 Å². The summed E-state index contributed by atoms with van der Waals surface area (Å²) in [6, 6.07) is 0. The van der Waals surface area contributed by atoms with Crippen molar-refractivity contribution in [1.82, 2.24) is 0 Å². The molecule has 5 heteroatoms. The third kappa shape index (κ3) is 2.12. The van der Waals surface area contributed by atoms with E-state index in [1.165, 1.54) is 6.26 Å². The van der Waals surface area contributed by atoms with Gasteiger partial charge in [0.05, 0.1) is 17.9 Å². The van der Waals surface area contributed by atoms with E-state index in [1.54, 1.807) is 6.92 Å². The van der Waals surface area contributed by atoms with Crippen LogP contribution in [-0.2, 0) is 11.2 Å². The number of oxime groups is 1. The number of carbonyl (C=O) groups is 1. The van der Waals surface area contributed by atoms with E-state index in [-0.39, 0.29) is 5.41 Å². The molecule has 0 unspecified atom stereocenters. The SMILES string of the molecule is CCOC(=O)c1coc2c1/C(=N\O)CC(C)(C)C2. The summed E-state index contributed by atoms with van der Waals surface area (Å²) in [6.45, 7) is 6.17. The van der Waals surface area contributed by atoms with Crippen molar-refractivity contribution in [2.45, 2.75) is 33.6 Å². The number of hydrogen-bond acceptors (Lipinski definition) is 5. The molecule has 0 saturated heterocycles. The van der Waals surface area contributed by atoms with Gasteiger partial charge in [-0.25, -0.2) is 4.79 Å². The molecule has 1 N–H and O–H groups in total. The Morgan fingerprint density at radius 3 is 2.89 bits per heavy atom. The van der Waals surface area contributed by atoms with Crippen molar-refractivity contribution < 1.29 is 19.2 Å². The van der Waals surface area contributed by atoms with E-state index in [4.69, 9.17) is 14.4 Å². The molecule has 0 fully saturated rings. The van der Waals surface area contributed by atoms with Crippen LogP contribution >= 0.6 is 0 Å². The molecule has 98 valence electrons. The molecule has 0 radical (unpaired) electrons. The molecule has 1 aliphatic rings. The monoisotopic (exact) mass is 251 g/mol. The number of carbonyl (C=O) groups excluding carboxylic acids is 1. The van der Waals surface area contributed by atoms with Crippen LogP contribution in [0.5, 0.6) is 0 Å². The zero-order valence-corrected chi connectivity index (χ0v) is 10.8. The van der Waals surface area contributed by atoms with Crippen molar-refractivity contribution in [3.63, 3.8) is 0 Å². The minimum absolute atomic E-state index is 0.0433. The van der Waals surface area contributed by atoms with Crippen LogP contribution in [-0.4, -0.2) is 23.5 Å². The number of rotatable bonds is 2. The van der Waals surface area contributed by atoms with Crippen molar-refractivity contribution in [2.24, 2.45) is 10.6 Å². The lowest BCUT2D eigenvalue weighted by Gasteiger charge is -2.28. The zero-order valence-electron chi connectivity index (χ0n) is 10.8. The fourth-order valence-corrected chi connectivity index (χ4v) is 2.33. The molecular weight excluding hydrogens is 234 g/mol. The predicted octanol–water partition coefficient (Wildman–Crippen LogP) is 2.61. The normalized spacial score (nSPS) is 19.6. The van der Waals surface area contributed by atoms with E-state index in [1.807, 2.05) is 0 Å². The highest BCUT2D eigenvalue weighted by Gasteiger charge is 2.36. The fraction of sp³-hybridized carbons (Fsp3) is 0.538. The lowest BCUT2D eigenvalue weighted by atomic mass is 9.75. The Labute approximate surface area is 105 Å². The van der Waals surface area contributed by atoms with Crippen molar-refractivity contribution >= 4 is 11.7 Å². The summed E-state index contributed by atoms with van der Waals surface area (Å²) >= 11 is 0. The minimum atomic E-state index is -0.441. The number of fused-ring (bicyclic) bond motifs is 1. The van der Waals surface area contributed by atoms with E-state index in [0.717, 1.165) is 0 Å². The Bertz CT molecular complexity index is 499. The topological polar surface area (TPSA) is 72.0 Å². The smallest absolute Gasteiger partial charge is 0.342 e. The maximum Gasteiger partial charge on any atom is 0.342 e. The van der Waals surface area contributed by atoms with Crippen molar-refractivity contribution in [3.8, 4) is 0 Å². The first-order chi connectivity index (χ1) is 8.48.